The maximum Gasteiger partial charge on any atom is 0.228 e. The summed E-state index contributed by atoms with van der Waals surface area (Å²) in [5, 5.41) is 2.63. The first-order valence-corrected chi connectivity index (χ1v) is 6.46. The van der Waals surface area contributed by atoms with Crippen molar-refractivity contribution in [1.82, 2.24) is 0 Å². The summed E-state index contributed by atoms with van der Waals surface area (Å²) in [6.45, 7) is 0. The van der Waals surface area contributed by atoms with Gasteiger partial charge in [0.15, 0.2) is 11.6 Å². The Balaban J connectivity index is 1.65. The molecule has 2 unspecified atom stereocenters. The Hall–Kier alpha value is -2.23. The second-order valence-electron chi connectivity index (χ2n) is 4.98. The van der Waals surface area contributed by atoms with E-state index in [0.29, 0.717) is 0 Å². The third kappa shape index (κ3) is 2.54. The van der Waals surface area contributed by atoms with Gasteiger partial charge in [0.1, 0.15) is 0 Å². The number of hydrogen-bond acceptors (Lipinski definition) is 1. The van der Waals surface area contributed by atoms with E-state index in [1.54, 1.807) is 0 Å². The maximum atomic E-state index is 13.1. The quantitative estimate of drug-likeness (QED) is 0.907. The highest BCUT2D eigenvalue weighted by Gasteiger charge is 2.43. The molecule has 0 heterocycles. The number of nitrogens with one attached hydrogen (secondary N) is 1. The van der Waals surface area contributed by atoms with E-state index >= 15 is 0 Å². The molecule has 0 saturated heterocycles. The lowest BCUT2D eigenvalue weighted by Gasteiger charge is -2.05. The van der Waals surface area contributed by atoms with Crippen molar-refractivity contribution in [2.24, 2.45) is 5.92 Å². The molecule has 2 nitrogen and oxygen atoms in total. The van der Waals surface area contributed by atoms with Crippen LogP contribution >= 0.6 is 0 Å². The molecule has 102 valence electrons. The number of carbonyl (C=O) groups is 1. The summed E-state index contributed by atoms with van der Waals surface area (Å²) in [4.78, 5) is 12.0. The van der Waals surface area contributed by atoms with Crippen molar-refractivity contribution in [2.75, 3.05) is 5.32 Å². The van der Waals surface area contributed by atoms with E-state index in [-0.39, 0.29) is 23.4 Å². The zero-order chi connectivity index (χ0) is 14.1. The SMILES string of the molecule is O=C(Nc1ccc(F)c(F)c1)C1CC1c1ccccc1. The van der Waals surface area contributed by atoms with Crippen LogP contribution in [-0.2, 0) is 4.79 Å². The van der Waals surface area contributed by atoms with Gasteiger partial charge in [-0.25, -0.2) is 8.78 Å². The molecule has 4 heteroatoms. The lowest BCUT2D eigenvalue weighted by Crippen LogP contribution is -2.14. The molecule has 1 saturated carbocycles. The zero-order valence-electron chi connectivity index (χ0n) is 10.6. The molecule has 3 rings (SSSR count). The predicted molar refractivity (Wildman–Crippen MR) is 72.3 cm³/mol. The Labute approximate surface area is 115 Å². The van der Waals surface area contributed by atoms with E-state index in [9.17, 15) is 13.6 Å². The van der Waals surface area contributed by atoms with Crippen molar-refractivity contribution < 1.29 is 13.6 Å². The maximum absolute atomic E-state index is 13.1. The van der Waals surface area contributed by atoms with Gasteiger partial charge in [-0.3, -0.25) is 4.79 Å². The summed E-state index contributed by atoms with van der Waals surface area (Å²) in [6.07, 6.45) is 0.791. The molecule has 1 fully saturated rings. The largest absolute Gasteiger partial charge is 0.326 e. The fraction of sp³-hybridized carbons (Fsp3) is 0.188. The molecule has 2 aromatic rings. The second kappa shape index (κ2) is 5.04. The number of anilines is 1. The summed E-state index contributed by atoms with van der Waals surface area (Å²) in [5.41, 5.74) is 1.42. The van der Waals surface area contributed by atoms with Crippen LogP contribution in [0.2, 0.25) is 0 Å². The summed E-state index contributed by atoms with van der Waals surface area (Å²) in [7, 11) is 0. The van der Waals surface area contributed by atoms with Crippen molar-refractivity contribution in [2.45, 2.75) is 12.3 Å². The Morgan fingerprint density at radius 2 is 1.80 bits per heavy atom. The van der Waals surface area contributed by atoms with E-state index in [2.05, 4.69) is 5.32 Å². The minimum atomic E-state index is -0.960. The molecule has 0 spiro atoms. The lowest BCUT2D eigenvalue weighted by molar-refractivity contribution is -0.117. The van der Waals surface area contributed by atoms with E-state index < -0.39 is 11.6 Å². The first-order chi connectivity index (χ1) is 9.65. The molecular weight excluding hydrogens is 260 g/mol. The van der Waals surface area contributed by atoms with E-state index in [1.807, 2.05) is 30.3 Å². The minimum Gasteiger partial charge on any atom is -0.326 e. The minimum absolute atomic E-state index is 0.0921. The van der Waals surface area contributed by atoms with Crippen LogP contribution in [0.5, 0.6) is 0 Å². The van der Waals surface area contributed by atoms with Crippen molar-refractivity contribution in [3.8, 4) is 0 Å². The fourth-order valence-electron chi connectivity index (χ4n) is 2.36. The van der Waals surface area contributed by atoms with Crippen LogP contribution in [-0.4, -0.2) is 5.91 Å². The Kier molecular flexibility index (Phi) is 3.22. The fourth-order valence-corrected chi connectivity index (χ4v) is 2.36. The summed E-state index contributed by atoms with van der Waals surface area (Å²) in [6, 6.07) is 13.2. The highest BCUT2D eigenvalue weighted by molar-refractivity contribution is 5.95. The van der Waals surface area contributed by atoms with Crippen molar-refractivity contribution >= 4 is 11.6 Å². The van der Waals surface area contributed by atoms with Crippen LogP contribution in [0, 0.1) is 17.6 Å². The number of carbonyl (C=O) groups excluding carboxylic acids is 1. The highest BCUT2D eigenvalue weighted by Crippen LogP contribution is 2.47. The standard InChI is InChI=1S/C16H13F2NO/c17-14-7-6-11(8-15(14)18)19-16(20)13-9-12(13)10-4-2-1-3-5-10/h1-8,12-13H,9H2,(H,19,20). The van der Waals surface area contributed by atoms with E-state index in [0.717, 1.165) is 24.1 Å². The monoisotopic (exact) mass is 273 g/mol. The van der Waals surface area contributed by atoms with Crippen LogP contribution in [0.15, 0.2) is 48.5 Å². The van der Waals surface area contributed by atoms with Gasteiger partial charge in [0, 0.05) is 17.7 Å². The first kappa shape index (κ1) is 12.8. The van der Waals surface area contributed by atoms with Crippen molar-refractivity contribution in [3.05, 3.63) is 65.7 Å². The van der Waals surface area contributed by atoms with Gasteiger partial charge in [-0.1, -0.05) is 30.3 Å². The van der Waals surface area contributed by atoms with Gasteiger partial charge >= 0.3 is 0 Å². The first-order valence-electron chi connectivity index (χ1n) is 6.46. The highest BCUT2D eigenvalue weighted by atomic mass is 19.2. The Bertz CT molecular complexity index is 642. The molecule has 1 aliphatic carbocycles. The van der Waals surface area contributed by atoms with Gasteiger partial charge in [-0.15, -0.1) is 0 Å². The van der Waals surface area contributed by atoms with Crippen LogP contribution in [0.4, 0.5) is 14.5 Å². The third-order valence-electron chi connectivity index (χ3n) is 3.54. The van der Waals surface area contributed by atoms with Crippen LogP contribution in [0.25, 0.3) is 0 Å². The molecule has 0 aromatic heterocycles. The molecular formula is C16H13F2NO. The number of halogens is 2. The van der Waals surface area contributed by atoms with Gasteiger partial charge in [0.05, 0.1) is 0 Å². The number of rotatable bonds is 3. The smallest absolute Gasteiger partial charge is 0.228 e. The molecule has 1 amide bonds. The van der Waals surface area contributed by atoms with Crippen molar-refractivity contribution in [3.63, 3.8) is 0 Å². The number of hydrogen-bond donors (Lipinski definition) is 1. The molecule has 2 aromatic carbocycles. The van der Waals surface area contributed by atoms with Crippen LogP contribution in [0.1, 0.15) is 17.9 Å². The summed E-state index contributed by atoms with van der Waals surface area (Å²) in [5.74, 6) is -1.90. The number of amides is 1. The third-order valence-corrected chi connectivity index (χ3v) is 3.54. The second-order valence-corrected chi connectivity index (χ2v) is 4.98. The normalized spacial score (nSPS) is 20.5. The van der Waals surface area contributed by atoms with Gasteiger partial charge in [0.2, 0.25) is 5.91 Å². The number of benzene rings is 2. The van der Waals surface area contributed by atoms with Gasteiger partial charge in [-0.2, -0.15) is 0 Å². The molecule has 0 aliphatic heterocycles. The molecule has 1 aliphatic rings. The van der Waals surface area contributed by atoms with E-state index in [1.165, 1.54) is 6.07 Å². The van der Waals surface area contributed by atoms with Crippen molar-refractivity contribution in [1.29, 1.82) is 0 Å². The topological polar surface area (TPSA) is 29.1 Å². The van der Waals surface area contributed by atoms with Crippen LogP contribution in [0.3, 0.4) is 0 Å². The Morgan fingerprint density at radius 1 is 1.05 bits per heavy atom. The average molecular weight is 273 g/mol. The van der Waals surface area contributed by atoms with Gasteiger partial charge < -0.3 is 5.32 Å². The summed E-state index contributed by atoms with van der Waals surface area (Å²) >= 11 is 0. The molecule has 20 heavy (non-hydrogen) atoms. The van der Waals surface area contributed by atoms with E-state index in [4.69, 9.17) is 0 Å². The summed E-state index contributed by atoms with van der Waals surface area (Å²) < 4.78 is 25.9. The lowest BCUT2D eigenvalue weighted by atomic mass is 10.1. The zero-order valence-corrected chi connectivity index (χ0v) is 10.6. The predicted octanol–water partition coefficient (Wildman–Crippen LogP) is 3.71. The average Bonchev–Trinajstić information content (AvgIpc) is 3.24. The molecule has 2 atom stereocenters. The van der Waals surface area contributed by atoms with Gasteiger partial charge in [0.25, 0.3) is 0 Å². The molecule has 1 N–H and O–H groups in total. The molecule has 0 radical (unpaired) electrons. The molecule has 0 bridgehead atoms. The van der Waals surface area contributed by atoms with Crippen LogP contribution < -0.4 is 5.32 Å². The Morgan fingerprint density at radius 3 is 2.50 bits per heavy atom. The van der Waals surface area contributed by atoms with Gasteiger partial charge in [-0.05, 0) is 30.0 Å².